The standard InChI is InChI=1S/C10H6O7/c11-2-1-3(12)6(13)5-4(2)7(14)9(16)10(17)8(5)15/h14-17H,1H2. The average molecular weight is 238 g/mol. The lowest BCUT2D eigenvalue weighted by molar-refractivity contribution is -0.114. The fraction of sp³-hybridized carbons (Fsp3) is 0.100. The van der Waals surface area contributed by atoms with E-state index >= 15 is 0 Å². The highest BCUT2D eigenvalue weighted by Gasteiger charge is 2.38. The van der Waals surface area contributed by atoms with Crippen LogP contribution in [0, 0.1) is 0 Å². The van der Waals surface area contributed by atoms with E-state index in [0.29, 0.717) is 0 Å². The minimum absolute atomic E-state index is 0.651. The summed E-state index contributed by atoms with van der Waals surface area (Å²) < 4.78 is 0. The summed E-state index contributed by atoms with van der Waals surface area (Å²) in [4.78, 5) is 34.0. The first kappa shape index (κ1) is 10.9. The molecule has 1 aliphatic carbocycles. The summed E-state index contributed by atoms with van der Waals surface area (Å²) in [5.41, 5.74) is -1.43. The third-order valence-electron chi connectivity index (χ3n) is 2.48. The fourth-order valence-corrected chi connectivity index (χ4v) is 1.64. The summed E-state index contributed by atoms with van der Waals surface area (Å²) in [6.07, 6.45) is -0.747. The second-order valence-electron chi connectivity index (χ2n) is 3.50. The van der Waals surface area contributed by atoms with Crippen LogP contribution in [0.1, 0.15) is 27.1 Å². The van der Waals surface area contributed by atoms with E-state index in [4.69, 9.17) is 0 Å². The number of hydrogen-bond acceptors (Lipinski definition) is 7. The number of carbonyl (C=O) groups excluding carboxylic acids is 3. The van der Waals surface area contributed by atoms with Crippen LogP contribution in [0.2, 0.25) is 0 Å². The molecule has 0 fully saturated rings. The van der Waals surface area contributed by atoms with Gasteiger partial charge >= 0.3 is 0 Å². The largest absolute Gasteiger partial charge is 0.504 e. The Labute approximate surface area is 93.5 Å². The number of fused-ring (bicyclic) bond motifs is 1. The van der Waals surface area contributed by atoms with Crippen LogP contribution in [0.4, 0.5) is 0 Å². The molecule has 7 heteroatoms. The Morgan fingerprint density at radius 3 is 1.65 bits per heavy atom. The van der Waals surface area contributed by atoms with Crippen LogP contribution >= 0.6 is 0 Å². The molecule has 4 N–H and O–H groups in total. The van der Waals surface area contributed by atoms with Gasteiger partial charge in [0.15, 0.2) is 17.3 Å². The lowest BCUT2D eigenvalue weighted by Gasteiger charge is -2.17. The van der Waals surface area contributed by atoms with Crippen LogP contribution in [0.25, 0.3) is 0 Å². The number of aromatic hydroxyl groups is 4. The Kier molecular flexibility index (Phi) is 2.06. The van der Waals surface area contributed by atoms with Crippen molar-refractivity contribution in [1.29, 1.82) is 0 Å². The predicted octanol–water partition coefficient (Wildman–Crippen LogP) is -0.153. The average Bonchev–Trinajstić information content (AvgIpc) is 2.28. The highest BCUT2D eigenvalue weighted by atomic mass is 16.3. The van der Waals surface area contributed by atoms with Gasteiger partial charge in [0.25, 0.3) is 0 Å². The molecule has 0 atom stereocenters. The van der Waals surface area contributed by atoms with Gasteiger partial charge in [-0.15, -0.1) is 0 Å². The number of ketones is 3. The van der Waals surface area contributed by atoms with E-state index in [0.717, 1.165) is 0 Å². The Balaban J connectivity index is 2.93. The molecule has 0 bridgehead atoms. The van der Waals surface area contributed by atoms with Gasteiger partial charge in [0.05, 0.1) is 17.5 Å². The smallest absolute Gasteiger partial charge is 0.233 e. The van der Waals surface area contributed by atoms with E-state index in [-0.39, 0.29) is 0 Å². The maximum absolute atomic E-state index is 11.4. The number of phenols is 4. The summed E-state index contributed by atoms with van der Waals surface area (Å²) >= 11 is 0. The third-order valence-corrected chi connectivity index (χ3v) is 2.48. The quantitative estimate of drug-likeness (QED) is 0.214. The van der Waals surface area contributed by atoms with Gasteiger partial charge in [0.2, 0.25) is 23.1 Å². The second-order valence-corrected chi connectivity index (χ2v) is 3.50. The third kappa shape index (κ3) is 1.25. The predicted molar refractivity (Wildman–Crippen MR) is 51.4 cm³/mol. The molecule has 2 rings (SSSR count). The normalized spacial score (nSPS) is 14.9. The van der Waals surface area contributed by atoms with Crippen molar-refractivity contribution in [2.45, 2.75) is 6.42 Å². The van der Waals surface area contributed by atoms with Crippen LogP contribution < -0.4 is 0 Å². The summed E-state index contributed by atoms with van der Waals surface area (Å²) in [5, 5.41) is 37.2. The Hall–Kier alpha value is -2.57. The SMILES string of the molecule is O=C1CC(=O)c2c(O)c(O)c(O)c(O)c2C1=O. The van der Waals surface area contributed by atoms with E-state index in [1.54, 1.807) is 0 Å². The zero-order valence-corrected chi connectivity index (χ0v) is 8.22. The van der Waals surface area contributed by atoms with Crippen LogP contribution in [-0.2, 0) is 4.79 Å². The number of Topliss-reactive ketones (excluding diaryl/α,β-unsaturated/α-hetero) is 3. The number of carbonyl (C=O) groups is 3. The molecule has 0 unspecified atom stereocenters. The number of phenolic OH excluding ortho intramolecular Hbond substituents is 4. The monoisotopic (exact) mass is 238 g/mol. The molecule has 17 heavy (non-hydrogen) atoms. The Morgan fingerprint density at radius 2 is 1.12 bits per heavy atom. The van der Waals surface area contributed by atoms with Crippen molar-refractivity contribution in [2.24, 2.45) is 0 Å². The summed E-state index contributed by atoms with van der Waals surface area (Å²) in [6.45, 7) is 0. The van der Waals surface area contributed by atoms with Crippen molar-refractivity contribution in [1.82, 2.24) is 0 Å². The zero-order valence-electron chi connectivity index (χ0n) is 8.22. The molecule has 1 aromatic carbocycles. The zero-order chi connectivity index (χ0) is 12.9. The first-order chi connectivity index (χ1) is 7.86. The van der Waals surface area contributed by atoms with Gasteiger partial charge in [0, 0.05) is 0 Å². The summed E-state index contributed by atoms with van der Waals surface area (Å²) in [6, 6.07) is 0. The maximum atomic E-state index is 11.4. The molecule has 0 aliphatic heterocycles. The van der Waals surface area contributed by atoms with Gasteiger partial charge in [0.1, 0.15) is 0 Å². The van der Waals surface area contributed by atoms with E-state index in [2.05, 4.69) is 0 Å². The molecule has 0 spiro atoms. The van der Waals surface area contributed by atoms with Crippen molar-refractivity contribution < 1.29 is 34.8 Å². The highest BCUT2D eigenvalue weighted by molar-refractivity contribution is 6.51. The first-order valence-corrected chi connectivity index (χ1v) is 4.46. The van der Waals surface area contributed by atoms with Gasteiger partial charge in [-0.1, -0.05) is 0 Å². The van der Waals surface area contributed by atoms with Gasteiger partial charge in [-0.3, -0.25) is 14.4 Å². The van der Waals surface area contributed by atoms with Crippen molar-refractivity contribution in [3.05, 3.63) is 11.1 Å². The van der Waals surface area contributed by atoms with Crippen LogP contribution in [0.15, 0.2) is 0 Å². The van der Waals surface area contributed by atoms with Crippen molar-refractivity contribution in [3.8, 4) is 23.0 Å². The van der Waals surface area contributed by atoms with Crippen LogP contribution in [-0.4, -0.2) is 37.8 Å². The molecule has 1 aromatic rings. The lowest BCUT2D eigenvalue weighted by atomic mass is 9.86. The van der Waals surface area contributed by atoms with Gasteiger partial charge in [-0.05, 0) is 0 Å². The van der Waals surface area contributed by atoms with Crippen LogP contribution in [0.3, 0.4) is 0 Å². The molecule has 0 heterocycles. The van der Waals surface area contributed by atoms with E-state index in [9.17, 15) is 34.8 Å². The molecule has 0 saturated heterocycles. The molecular weight excluding hydrogens is 232 g/mol. The number of benzene rings is 1. The van der Waals surface area contributed by atoms with E-state index in [1.807, 2.05) is 0 Å². The minimum Gasteiger partial charge on any atom is -0.504 e. The number of hydrogen-bond donors (Lipinski definition) is 4. The van der Waals surface area contributed by atoms with Gasteiger partial charge in [-0.2, -0.15) is 0 Å². The molecule has 0 aromatic heterocycles. The van der Waals surface area contributed by atoms with Crippen molar-refractivity contribution in [3.63, 3.8) is 0 Å². The molecule has 0 amide bonds. The van der Waals surface area contributed by atoms with Crippen molar-refractivity contribution >= 4 is 17.3 Å². The summed E-state index contributed by atoms with van der Waals surface area (Å²) in [5.74, 6) is -7.55. The Morgan fingerprint density at radius 1 is 0.647 bits per heavy atom. The van der Waals surface area contributed by atoms with E-state index in [1.165, 1.54) is 0 Å². The number of rotatable bonds is 0. The molecule has 0 saturated carbocycles. The molecule has 1 aliphatic rings. The lowest BCUT2D eigenvalue weighted by Crippen LogP contribution is -2.27. The Bertz CT molecular complexity index is 585. The highest BCUT2D eigenvalue weighted by Crippen LogP contribution is 2.48. The van der Waals surface area contributed by atoms with Gasteiger partial charge in [-0.25, -0.2) is 0 Å². The maximum Gasteiger partial charge on any atom is 0.233 e. The van der Waals surface area contributed by atoms with Crippen molar-refractivity contribution in [2.75, 3.05) is 0 Å². The first-order valence-electron chi connectivity index (χ1n) is 4.46. The molecule has 0 radical (unpaired) electrons. The minimum atomic E-state index is -1.19. The van der Waals surface area contributed by atoms with Crippen LogP contribution in [0.5, 0.6) is 23.0 Å². The molecular formula is C10H6O7. The fourth-order valence-electron chi connectivity index (χ4n) is 1.64. The second kappa shape index (κ2) is 3.21. The van der Waals surface area contributed by atoms with E-state index < -0.39 is 57.9 Å². The van der Waals surface area contributed by atoms with Gasteiger partial charge < -0.3 is 20.4 Å². The topological polar surface area (TPSA) is 132 Å². The summed E-state index contributed by atoms with van der Waals surface area (Å²) in [7, 11) is 0. The molecule has 7 nitrogen and oxygen atoms in total. The molecule has 88 valence electrons.